The van der Waals surface area contributed by atoms with E-state index in [1.165, 1.54) is 22.8 Å². The highest BCUT2D eigenvalue weighted by Crippen LogP contribution is 2.28. The van der Waals surface area contributed by atoms with E-state index < -0.39 is 0 Å². The van der Waals surface area contributed by atoms with Crippen molar-refractivity contribution in [2.45, 2.75) is 10.1 Å². The summed E-state index contributed by atoms with van der Waals surface area (Å²) >= 11 is 1.27. The van der Waals surface area contributed by atoms with Gasteiger partial charge >= 0.3 is 0 Å². The molecule has 6 nitrogen and oxygen atoms in total. The Morgan fingerprint density at radius 1 is 1.44 bits per heavy atom. The molecule has 4 N–H and O–H groups in total. The fraction of sp³-hybridized carbons (Fsp3) is 0. The van der Waals surface area contributed by atoms with Crippen LogP contribution in [0.25, 0.3) is 0 Å². The maximum atomic E-state index is 8.95. The van der Waals surface area contributed by atoms with E-state index in [2.05, 4.69) is 16.3 Å². The van der Waals surface area contributed by atoms with Crippen molar-refractivity contribution >= 4 is 17.4 Å². The van der Waals surface area contributed by atoms with Gasteiger partial charge in [0.2, 0.25) is 5.16 Å². The van der Waals surface area contributed by atoms with Crippen molar-refractivity contribution in [3.05, 3.63) is 30.1 Å². The standard InChI is InChI=1S/C9H8N6S/c10-4-6-3-7(11)1-2-8(6)16-9-14-13-5-15(9)12/h1-3,5H,11-12H2. The third kappa shape index (κ3) is 1.92. The van der Waals surface area contributed by atoms with Crippen molar-refractivity contribution < 1.29 is 0 Å². The van der Waals surface area contributed by atoms with Crippen molar-refractivity contribution in [2.24, 2.45) is 0 Å². The van der Waals surface area contributed by atoms with E-state index in [4.69, 9.17) is 16.8 Å². The molecule has 0 saturated heterocycles. The largest absolute Gasteiger partial charge is 0.399 e. The number of nitriles is 1. The smallest absolute Gasteiger partial charge is 0.214 e. The van der Waals surface area contributed by atoms with Gasteiger partial charge in [0.05, 0.1) is 5.56 Å². The van der Waals surface area contributed by atoms with Gasteiger partial charge in [-0.2, -0.15) is 5.26 Å². The molecule has 0 aliphatic carbocycles. The summed E-state index contributed by atoms with van der Waals surface area (Å²) in [6, 6.07) is 7.16. The molecule has 0 amide bonds. The van der Waals surface area contributed by atoms with E-state index in [-0.39, 0.29) is 0 Å². The van der Waals surface area contributed by atoms with Gasteiger partial charge in [0.15, 0.2) is 0 Å². The number of nitrogen functional groups attached to an aromatic ring is 2. The van der Waals surface area contributed by atoms with Crippen LogP contribution < -0.4 is 11.6 Å². The summed E-state index contributed by atoms with van der Waals surface area (Å²) in [5, 5.41) is 16.9. The highest BCUT2D eigenvalue weighted by atomic mass is 32.2. The number of hydrogen-bond acceptors (Lipinski definition) is 6. The second-order valence-corrected chi connectivity index (χ2v) is 4.00. The maximum absolute atomic E-state index is 8.95. The minimum absolute atomic E-state index is 0.494. The second kappa shape index (κ2) is 4.12. The molecule has 2 aromatic rings. The van der Waals surface area contributed by atoms with Crippen molar-refractivity contribution in [1.29, 1.82) is 5.26 Å². The van der Waals surface area contributed by atoms with Gasteiger partial charge in [0, 0.05) is 10.6 Å². The van der Waals surface area contributed by atoms with E-state index in [1.54, 1.807) is 18.2 Å². The Hall–Kier alpha value is -2.20. The Balaban J connectivity index is 2.36. The zero-order chi connectivity index (χ0) is 11.5. The summed E-state index contributed by atoms with van der Waals surface area (Å²) in [5.41, 5.74) is 6.63. The SMILES string of the molecule is N#Cc1cc(N)ccc1Sc1nncn1N. The third-order valence-corrected chi connectivity index (χ3v) is 2.92. The quantitative estimate of drug-likeness (QED) is 0.580. The fourth-order valence-corrected chi connectivity index (χ4v) is 1.92. The van der Waals surface area contributed by atoms with Gasteiger partial charge < -0.3 is 11.6 Å². The van der Waals surface area contributed by atoms with Gasteiger partial charge in [-0.15, -0.1) is 10.2 Å². The molecule has 0 fully saturated rings. The Bertz CT molecular complexity index is 555. The van der Waals surface area contributed by atoms with Gasteiger partial charge in [-0.3, -0.25) is 0 Å². The number of rotatable bonds is 2. The van der Waals surface area contributed by atoms with Crippen LogP contribution in [0, 0.1) is 11.3 Å². The van der Waals surface area contributed by atoms with Crippen LogP contribution in [-0.4, -0.2) is 14.9 Å². The average Bonchev–Trinajstić information content (AvgIpc) is 2.67. The van der Waals surface area contributed by atoms with Crippen LogP contribution in [0.3, 0.4) is 0 Å². The minimum atomic E-state index is 0.494. The lowest BCUT2D eigenvalue weighted by molar-refractivity contribution is 0.846. The van der Waals surface area contributed by atoms with Crippen molar-refractivity contribution in [2.75, 3.05) is 11.6 Å². The Morgan fingerprint density at radius 2 is 2.25 bits per heavy atom. The predicted octanol–water partition coefficient (Wildman–Crippen LogP) is 0.597. The van der Waals surface area contributed by atoms with Crippen LogP contribution in [0.1, 0.15) is 5.56 Å². The summed E-state index contributed by atoms with van der Waals surface area (Å²) in [5.74, 6) is 5.57. The number of aromatic nitrogens is 3. The van der Waals surface area contributed by atoms with Gasteiger partial charge in [0.1, 0.15) is 12.4 Å². The van der Waals surface area contributed by atoms with E-state index in [0.29, 0.717) is 16.4 Å². The van der Waals surface area contributed by atoms with E-state index >= 15 is 0 Å². The van der Waals surface area contributed by atoms with Crippen molar-refractivity contribution in [3.63, 3.8) is 0 Å². The lowest BCUT2D eigenvalue weighted by Gasteiger charge is -2.03. The third-order valence-electron chi connectivity index (χ3n) is 1.87. The average molecular weight is 232 g/mol. The molecule has 2 rings (SSSR count). The molecule has 7 heteroatoms. The molecule has 0 aliphatic heterocycles. The van der Waals surface area contributed by atoms with E-state index in [1.807, 2.05) is 0 Å². The Morgan fingerprint density at radius 3 is 2.88 bits per heavy atom. The van der Waals surface area contributed by atoms with Crippen molar-refractivity contribution in [3.8, 4) is 6.07 Å². The molecule has 0 saturated carbocycles. The Kier molecular flexibility index (Phi) is 2.66. The van der Waals surface area contributed by atoms with Gasteiger partial charge in [0.25, 0.3) is 0 Å². The summed E-state index contributed by atoms with van der Waals surface area (Å²) in [6.07, 6.45) is 1.39. The summed E-state index contributed by atoms with van der Waals surface area (Å²) < 4.78 is 1.29. The molecule has 1 aromatic carbocycles. The number of nitrogens with zero attached hydrogens (tertiary/aromatic N) is 4. The van der Waals surface area contributed by atoms with Crippen molar-refractivity contribution in [1.82, 2.24) is 14.9 Å². The molecule has 0 atom stereocenters. The highest BCUT2D eigenvalue weighted by Gasteiger charge is 2.08. The topological polar surface area (TPSA) is 107 Å². The van der Waals surface area contributed by atoms with Crippen LogP contribution >= 0.6 is 11.8 Å². The first-order valence-electron chi connectivity index (χ1n) is 4.33. The summed E-state index contributed by atoms with van der Waals surface area (Å²) in [7, 11) is 0. The first kappa shape index (κ1) is 10.3. The first-order valence-corrected chi connectivity index (χ1v) is 5.15. The monoisotopic (exact) mass is 232 g/mol. The normalized spacial score (nSPS) is 9.94. The zero-order valence-electron chi connectivity index (χ0n) is 8.16. The molecule has 1 aromatic heterocycles. The lowest BCUT2D eigenvalue weighted by Crippen LogP contribution is -2.07. The molecule has 0 spiro atoms. The highest BCUT2D eigenvalue weighted by molar-refractivity contribution is 7.99. The molecule has 16 heavy (non-hydrogen) atoms. The van der Waals surface area contributed by atoms with E-state index in [9.17, 15) is 0 Å². The number of hydrogen-bond donors (Lipinski definition) is 2. The van der Waals surface area contributed by atoms with Crippen LogP contribution in [0.2, 0.25) is 0 Å². The number of anilines is 1. The fourth-order valence-electron chi connectivity index (χ4n) is 1.13. The van der Waals surface area contributed by atoms with Crippen LogP contribution in [-0.2, 0) is 0 Å². The molecule has 0 unspecified atom stereocenters. The molecule has 1 heterocycles. The molecule has 0 aliphatic rings. The minimum Gasteiger partial charge on any atom is -0.399 e. The molecule has 0 bridgehead atoms. The first-order chi connectivity index (χ1) is 7.70. The summed E-state index contributed by atoms with van der Waals surface area (Å²) in [6.45, 7) is 0. The molecular weight excluding hydrogens is 224 g/mol. The van der Waals surface area contributed by atoms with Crippen LogP contribution in [0.15, 0.2) is 34.6 Å². The molecule has 80 valence electrons. The molecular formula is C9H8N6S. The number of benzene rings is 1. The summed E-state index contributed by atoms with van der Waals surface area (Å²) in [4.78, 5) is 0.747. The van der Waals surface area contributed by atoms with Crippen LogP contribution in [0.5, 0.6) is 0 Å². The Labute approximate surface area is 95.8 Å². The van der Waals surface area contributed by atoms with Gasteiger partial charge in [-0.05, 0) is 30.0 Å². The second-order valence-electron chi connectivity index (χ2n) is 2.99. The zero-order valence-corrected chi connectivity index (χ0v) is 8.98. The van der Waals surface area contributed by atoms with Crippen LogP contribution in [0.4, 0.5) is 5.69 Å². The van der Waals surface area contributed by atoms with Gasteiger partial charge in [-0.1, -0.05) is 0 Å². The molecule has 0 radical (unpaired) electrons. The predicted molar refractivity (Wildman–Crippen MR) is 59.9 cm³/mol. The lowest BCUT2D eigenvalue weighted by atomic mass is 10.2. The van der Waals surface area contributed by atoms with Gasteiger partial charge in [-0.25, -0.2) is 4.68 Å². The maximum Gasteiger partial charge on any atom is 0.214 e. The number of nitrogens with two attached hydrogens (primary N) is 2. The van der Waals surface area contributed by atoms with E-state index in [0.717, 1.165) is 4.90 Å².